The molecule has 1 fully saturated rings. The molecule has 10 heteroatoms. The van der Waals surface area contributed by atoms with Crippen molar-refractivity contribution in [3.63, 3.8) is 0 Å². The molecule has 2 unspecified atom stereocenters. The molecule has 9 nitrogen and oxygen atoms in total. The number of anilines is 2. The van der Waals surface area contributed by atoms with Crippen LogP contribution in [0.4, 0.5) is 11.6 Å². The molecule has 2 atom stereocenters. The molecule has 1 aliphatic carbocycles. The summed E-state index contributed by atoms with van der Waals surface area (Å²) >= 11 is 0. The topological polar surface area (TPSA) is 128 Å². The molecule has 0 aromatic carbocycles. The van der Waals surface area contributed by atoms with Gasteiger partial charge in [-0.1, -0.05) is 19.1 Å². The number of aromatic nitrogens is 2. The first-order valence-corrected chi connectivity index (χ1v) is 13.3. The van der Waals surface area contributed by atoms with Gasteiger partial charge in [0.15, 0.2) is 5.03 Å². The molecule has 188 valence electrons. The van der Waals surface area contributed by atoms with E-state index in [1.165, 1.54) is 18.2 Å². The highest BCUT2D eigenvalue weighted by Crippen LogP contribution is 2.38. The number of sulfonamides is 1. The second-order valence-electron chi connectivity index (χ2n) is 10.0. The van der Waals surface area contributed by atoms with Crippen molar-refractivity contribution >= 4 is 33.1 Å². The van der Waals surface area contributed by atoms with Crippen LogP contribution in [0.5, 0.6) is 0 Å². The summed E-state index contributed by atoms with van der Waals surface area (Å²) in [6.07, 6.45) is 7.43. The van der Waals surface area contributed by atoms with Gasteiger partial charge in [-0.3, -0.25) is 4.79 Å². The molecule has 35 heavy (non-hydrogen) atoms. The van der Waals surface area contributed by atoms with Gasteiger partial charge in [-0.15, -0.1) is 0 Å². The molecule has 3 N–H and O–H groups in total. The standard InChI is InChI=1S/C25H33N5O4S/c1-16-13-25(2,3)30(15-16)23-20(12-18(14-27-23)17-8-10-19(34-4)11-9-17)24(31)29-35(32,33)22-7-5-6-21(26)28-22/h5-8,12,14,16,19H,9-11,13,15H2,1-4H3,(H2,26,28)(H,29,31). The zero-order valence-corrected chi connectivity index (χ0v) is 21.4. The summed E-state index contributed by atoms with van der Waals surface area (Å²) in [4.78, 5) is 24.1. The first-order chi connectivity index (χ1) is 16.5. The number of nitrogen functional groups attached to an aromatic ring is 1. The van der Waals surface area contributed by atoms with Crippen LogP contribution in [0, 0.1) is 5.92 Å². The molecule has 0 spiro atoms. The minimum Gasteiger partial charge on any atom is -0.384 e. The fourth-order valence-electron chi connectivity index (χ4n) is 5.07. The van der Waals surface area contributed by atoms with E-state index in [0.29, 0.717) is 11.7 Å². The largest absolute Gasteiger partial charge is 0.384 e. The number of carbonyl (C=O) groups is 1. The lowest BCUT2D eigenvalue weighted by Crippen LogP contribution is -2.41. The number of carbonyl (C=O) groups excluding carboxylic acids is 1. The third-order valence-electron chi connectivity index (χ3n) is 6.75. The Kier molecular flexibility index (Phi) is 6.88. The average Bonchev–Trinajstić information content (AvgIpc) is 3.10. The van der Waals surface area contributed by atoms with E-state index in [0.717, 1.165) is 43.4 Å². The molecule has 4 rings (SSSR count). The van der Waals surface area contributed by atoms with Gasteiger partial charge in [-0.25, -0.2) is 14.7 Å². The van der Waals surface area contributed by atoms with E-state index < -0.39 is 15.9 Å². The zero-order chi connectivity index (χ0) is 25.4. The van der Waals surface area contributed by atoms with E-state index >= 15 is 0 Å². The van der Waals surface area contributed by atoms with Crippen LogP contribution in [0.1, 0.15) is 62.4 Å². The summed E-state index contributed by atoms with van der Waals surface area (Å²) in [5, 5.41) is -0.313. The van der Waals surface area contributed by atoms with Crippen molar-refractivity contribution in [2.75, 3.05) is 24.3 Å². The van der Waals surface area contributed by atoms with Gasteiger partial charge < -0.3 is 15.4 Å². The molecule has 2 aromatic heterocycles. The smallest absolute Gasteiger partial charge is 0.281 e. The molecule has 3 heterocycles. The number of nitrogens with one attached hydrogen (secondary N) is 1. The summed E-state index contributed by atoms with van der Waals surface area (Å²) < 4.78 is 33.5. The maximum Gasteiger partial charge on any atom is 0.281 e. The lowest BCUT2D eigenvalue weighted by molar-refractivity contribution is 0.0963. The van der Waals surface area contributed by atoms with Crippen molar-refractivity contribution in [3.05, 3.63) is 47.7 Å². The predicted molar refractivity (Wildman–Crippen MR) is 135 cm³/mol. The molecule has 0 radical (unpaired) electrons. The van der Waals surface area contributed by atoms with Gasteiger partial charge >= 0.3 is 0 Å². The van der Waals surface area contributed by atoms with E-state index in [-0.39, 0.29) is 28.1 Å². The van der Waals surface area contributed by atoms with Gasteiger partial charge in [-0.05, 0) is 74.8 Å². The van der Waals surface area contributed by atoms with Crippen molar-refractivity contribution in [2.24, 2.45) is 5.92 Å². The minimum atomic E-state index is -4.23. The van der Waals surface area contributed by atoms with Crippen LogP contribution >= 0.6 is 0 Å². The summed E-state index contributed by atoms with van der Waals surface area (Å²) in [6.45, 7) is 7.09. The number of pyridine rings is 2. The molecular formula is C25H33N5O4S. The SMILES string of the molecule is COC1CC=C(c2cnc(N3CC(C)CC3(C)C)c(C(=O)NS(=O)(=O)c3cccc(N)n3)c2)CC1. The number of nitrogens with two attached hydrogens (primary N) is 1. The Morgan fingerprint density at radius 2 is 2.09 bits per heavy atom. The van der Waals surface area contributed by atoms with Crippen LogP contribution < -0.4 is 15.4 Å². The number of allylic oxidation sites excluding steroid dienone is 1. The van der Waals surface area contributed by atoms with Gasteiger partial charge in [-0.2, -0.15) is 8.42 Å². The molecule has 2 aliphatic rings. The number of ether oxygens (including phenoxy) is 1. The summed E-state index contributed by atoms with van der Waals surface area (Å²) in [7, 11) is -2.52. The van der Waals surface area contributed by atoms with Crippen molar-refractivity contribution in [3.8, 4) is 0 Å². The summed E-state index contributed by atoms with van der Waals surface area (Å²) in [5.74, 6) is 0.188. The summed E-state index contributed by atoms with van der Waals surface area (Å²) in [6, 6.07) is 6.00. The highest BCUT2D eigenvalue weighted by atomic mass is 32.2. The zero-order valence-electron chi connectivity index (χ0n) is 20.6. The monoisotopic (exact) mass is 499 g/mol. The van der Waals surface area contributed by atoms with Gasteiger partial charge in [0.05, 0.1) is 11.7 Å². The molecule has 2 aromatic rings. The quantitative estimate of drug-likeness (QED) is 0.619. The maximum atomic E-state index is 13.5. The van der Waals surface area contributed by atoms with E-state index in [1.54, 1.807) is 19.4 Å². The fourth-order valence-corrected chi connectivity index (χ4v) is 6.01. The third-order valence-corrected chi connectivity index (χ3v) is 7.99. The molecule has 0 saturated carbocycles. The first kappa shape index (κ1) is 25.1. The number of nitrogens with zero attached hydrogens (tertiary/aromatic N) is 3. The highest BCUT2D eigenvalue weighted by Gasteiger charge is 2.39. The van der Waals surface area contributed by atoms with Crippen molar-refractivity contribution in [1.82, 2.24) is 14.7 Å². The van der Waals surface area contributed by atoms with Crippen LogP contribution in [-0.2, 0) is 14.8 Å². The second-order valence-corrected chi connectivity index (χ2v) is 11.7. The maximum absolute atomic E-state index is 13.5. The Hall–Kier alpha value is -2.98. The molecule has 1 amide bonds. The van der Waals surface area contributed by atoms with E-state index in [9.17, 15) is 13.2 Å². The third kappa shape index (κ3) is 5.33. The molecular weight excluding hydrogens is 466 g/mol. The van der Waals surface area contributed by atoms with E-state index in [2.05, 4.69) is 41.5 Å². The van der Waals surface area contributed by atoms with Gasteiger partial charge in [0.25, 0.3) is 15.9 Å². The number of amides is 1. The van der Waals surface area contributed by atoms with Crippen molar-refractivity contribution in [2.45, 2.75) is 63.1 Å². The second kappa shape index (κ2) is 9.58. The Morgan fingerprint density at radius 1 is 1.31 bits per heavy atom. The molecule has 1 saturated heterocycles. The Morgan fingerprint density at radius 3 is 2.69 bits per heavy atom. The minimum absolute atomic E-state index is 0.0519. The molecule has 1 aliphatic heterocycles. The predicted octanol–water partition coefficient (Wildman–Crippen LogP) is 3.38. The first-order valence-electron chi connectivity index (χ1n) is 11.8. The lowest BCUT2D eigenvalue weighted by Gasteiger charge is -2.34. The Bertz CT molecular complexity index is 1260. The van der Waals surface area contributed by atoms with Gasteiger partial charge in [0.1, 0.15) is 11.6 Å². The normalized spacial score (nSPS) is 22.1. The van der Waals surface area contributed by atoms with Crippen LogP contribution in [0.15, 0.2) is 41.6 Å². The van der Waals surface area contributed by atoms with E-state index in [1.807, 2.05) is 0 Å². The molecule has 0 bridgehead atoms. The van der Waals surface area contributed by atoms with E-state index in [4.69, 9.17) is 15.5 Å². The van der Waals surface area contributed by atoms with Crippen LogP contribution in [-0.4, -0.2) is 49.6 Å². The van der Waals surface area contributed by atoms with Gasteiger partial charge in [0, 0.05) is 25.4 Å². The van der Waals surface area contributed by atoms with Crippen LogP contribution in [0.2, 0.25) is 0 Å². The number of hydrogen-bond acceptors (Lipinski definition) is 8. The van der Waals surface area contributed by atoms with Crippen LogP contribution in [0.3, 0.4) is 0 Å². The van der Waals surface area contributed by atoms with Crippen molar-refractivity contribution < 1.29 is 17.9 Å². The number of hydrogen-bond donors (Lipinski definition) is 2. The van der Waals surface area contributed by atoms with Crippen LogP contribution in [0.25, 0.3) is 5.57 Å². The lowest BCUT2D eigenvalue weighted by atomic mass is 9.92. The number of rotatable bonds is 6. The number of methoxy groups -OCH3 is 1. The van der Waals surface area contributed by atoms with Gasteiger partial charge in [0.2, 0.25) is 0 Å². The average molecular weight is 500 g/mol. The van der Waals surface area contributed by atoms with Crippen molar-refractivity contribution in [1.29, 1.82) is 0 Å². The fraction of sp³-hybridized carbons (Fsp3) is 0.480. The Balaban J connectivity index is 1.73. The highest BCUT2D eigenvalue weighted by molar-refractivity contribution is 7.90. The summed E-state index contributed by atoms with van der Waals surface area (Å²) in [5.41, 5.74) is 7.51. The Labute approximate surface area is 206 Å².